The quantitative estimate of drug-likeness (QED) is 0.775. The molecule has 0 heterocycles. The largest absolute Gasteiger partial charge is 0.507 e. The Labute approximate surface area is 113 Å². The molecule has 3 N–H and O–H groups in total. The average Bonchev–Trinajstić information content (AvgIpc) is 2.31. The molecule has 0 aromatic heterocycles. The van der Waals surface area contributed by atoms with Crippen LogP contribution in [0.25, 0.3) is 0 Å². The summed E-state index contributed by atoms with van der Waals surface area (Å²) in [6.07, 6.45) is 0.343. The molecule has 0 fully saturated rings. The summed E-state index contributed by atoms with van der Waals surface area (Å²) in [7, 11) is 0. The molecule has 18 heavy (non-hydrogen) atoms. The summed E-state index contributed by atoms with van der Waals surface area (Å²) in [6, 6.07) is 4.54. The topological polar surface area (TPSA) is 86.6 Å². The number of carbonyl (C=O) groups excluding carboxylic acids is 1. The van der Waals surface area contributed by atoms with Crippen LogP contribution in [0.2, 0.25) is 0 Å². The third-order valence-corrected chi connectivity index (χ3v) is 2.98. The Kier molecular flexibility index (Phi) is 5.15. The van der Waals surface area contributed by atoms with Crippen LogP contribution in [-0.4, -0.2) is 28.6 Å². The summed E-state index contributed by atoms with van der Waals surface area (Å²) < 4.78 is 0.685. The minimum atomic E-state index is -0.894. The molecule has 0 aliphatic carbocycles. The number of hydrogen-bond acceptors (Lipinski definition) is 3. The van der Waals surface area contributed by atoms with Crippen LogP contribution >= 0.6 is 15.9 Å². The van der Waals surface area contributed by atoms with Crippen LogP contribution in [-0.2, 0) is 4.79 Å². The van der Waals surface area contributed by atoms with Crippen molar-refractivity contribution in [2.45, 2.75) is 13.3 Å². The van der Waals surface area contributed by atoms with Gasteiger partial charge in [0.15, 0.2) is 0 Å². The van der Waals surface area contributed by atoms with Gasteiger partial charge >= 0.3 is 5.97 Å². The lowest BCUT2D eigenvalue weighted by molar-refractivity contribution is -0.141. The van der Waals surface area contributed by atoms with Crippen molar-refractivity contribution in [2.75, 3.05) is 6.54 Å². The highest BCUT2D eigenvalue weighted by atomic mass is 79.9. The first-order chi connectivity index (χ1) is 8.41. The molecule has 0 aliphatic rings. The number of aliphatic carboxylic acids is 1. The average molecular weight is 316 g/mol. The molecule has 0 saturated heterocycles. The number of carboxylic acid groups (broad SMARTS) is 1. The summed E-state index contributed by atoms with van der Waals surface area (Å²) in [6.45, 7) is 1.82. The Balaban J connectivity index is 2.55. The second kappa shape index (κ2) is 6.39. The highest BCUT2D eigenvalue weighted by Gasteiger charge is 2.13. The second-order valence-electron chi connectivity index (χ2n) is 3.95. The second-order valence-corrected chi connectivity index (χ2v) is 4.86. The van der Waals surface area contributed by atoms with Crippen LogP contribution in [0.4, 0.5) is 0 Å². The number of halogens is 1. The van der Waals surface area contributed by atoms with Gasteiger partial charge < -0.3 is 15.5 Å². The lowest BCUT2D eigenvalue weighted by Crippen LogP contribution is -2.27. The number of carbonyl (C=O) groups is 2. The van der Waals surface area contributed by atoms with Crippen LogP contribution in [0.15, 0.2) is 22.7 Å². The van der Waals surface area contributed by atoms with Gasteiger partial charge in [-0.25, -0.2) is 0 Å². The number of aromatic hydroxyl groups is 1. The van der Waals surface area contributed by atoms with E-state index >= 15 is 0 Å². The molecular formula is C12H14BrNO4. The van der Waals surface area contributed by atoms with E-state index in [1.54, 1.807) is 13.0 Å². The Morgan fingerprint density at radius 3 is 2.72 bits per heavy atom. The van der Waals surface area contributed by atoms with Gasteiger partial charge in [0.05, 0.1) is 11.5 Å². The maximum Gasteiger partial charge on any atom is 0.306 e. The Morgan fingerprint density at radius 2 is 2.11 bits per heavy atom. The van der Waals surface area contributed by atoms with E-state index in [0.717, 1.165) is 0 Å². The molecular weight excluding hydrogens is 302 g/mol. The van der Waals surface area contributed by atoms with Gasteiger partial charge in [0.2, 0.25) is 0 Å². The molecule has 0 radical (unpaired) electrons. The molecule has 1 amide bonds. The maximum atomic E-state index is 11.7. The molecule has 5 nitrogen and oxygen atoms in total. The lowest BCUT2D eigenvalue weighted by atomic mass is 10.1. The molecule has 0 bridgehead atoms. The minimum Gasteiger partial charge on any atom is -0.507 e. The Bertz CT molecular complexity index is 461. The fraction of sp³-hybridized carbons (Fsp3) is 0.333. The molecule has 98 valence electrons. The third kappa shape index (κ3) is 4.03. The van der Waals surface area contributed by atoms with Crippen molar-refractivity contribution in [3.05, 3.63) is 28.2 Å². The van der Waals surface area contributed by atoms with Gasteiger partial charge in [0, 0.05) is 11.0 Å². The van der Waals surface area contributed by atoms with Crippen molar-refractivity contribution in [1.29, 1.82) is 0 Å². The first-order valence-corrected chi connectivity index (χ1v) is 6.20. The zero-order valence-electron chi connectivity index (χ0n) is 9.81. The van der Waals surface area contributed by atoms with E-state index in [1.807, 2.05) is 0 Å². The van der Waals surface area contributed by atoms with Crippen molar-refractivity contribution < 1.29 is 19.8 Å². The molecule has 0 saturated carbocycles. The summed E-state index contributed by atoms with van der Waals surface area (Å²) >= 11 is 3.21. The molecule has 0 aliphatic heterocycles. The van der Waals surface area contributed by atoms with E-state index in [1.165, 1.54) is 12.1 Å². The third-order valence-electron chi connectivity index (χ3n) is 2.49. The van der Waals surface area contributed by atoms with Gasteiger partial charge in [-0.3, -0.25) is 9.59 Å². The monoisotopic (exact) mass is 315 g/mol. The Morgan fingerprint density at radius 1 is 1.44 bits per heavy atom. The van der Waals surface area contributed by atoms with E-state index in [2.05, 4.69) is 21.2 Å². The molecule has 1 unspecified atom stereocenters. The summed E-state index contributed by atoms with van der Waals surface area (Å²) in [4.78, 5) is 22.3. The zero-order valence-corrected chi connectivity index (χ0v) is 11.4. The minimum absolute atomic E-state index is 0.109. The fourth-order valence-corrected chi connectivity index (χ4v) is 1.67. The summed E-state index contributed by atoms with van der Waals surface area (Å²) in [5.41, 5.74) is 0.160. The molecule has 1 rings (SSSR count). The first kappa shape index (κ1) is 14.5. The molecule has 1 atom stereocenters. The molecule has 1 aromatic carbocycles. The van der Waals surface area contributed by atoms with E-state index in [9.17, 15) is 14.7 Å². The number of nitrogens with one attached hydrogen (secondary N) is 1. The van der Waals surface area contributed by atoms with Gasteiger partial charge in [-0.15, -0.1) is 0 Å². The van der Waals surface area contributed by atoms with E-state index < -0.39 is 17.8 Å². The number of rotatable bonds is 5. The van der Waals surface area contributed by atoms with Crippen LogP contribution in [0.5, 0.6) is 5.75 Å². The van der Waals surface area contributed by atoms with Crippen molar-refractivity contribution >= 4 is 27.8 Å². The van der Waals surface area contributed by atoms with Crippen molar-refractivity contribution in [3.63, 3.8) is 0 Å². The zero-order chi connectivity index (χ0) is 13.7. The number of benzene rings is 1. The standard InChI is InChI=1S/C12H14BrNO4/c1-7(12(17)18)4-5-14-11(16)9-6-8(13)2-3-10(9)15/h2-3,6-7,15H,4-5H2,1H3,(H,14,16)(H,17,18). The number of phenolic OH excluding ortho intramolecular Hbond substituents is 1. The first-order valence-electron chi connectivity index (χ1n) is 5.41. The van der Waals surface area contributed by atoms with Crippen LogP contribution in [0, 0.1) is 5.92 Å². The highest BCUT2D eigenvalue weighted by molar-refractivity contribution is 9.10. The summed E-state index contributed by atoms with van der Waals surface area (Å²) in [5, 5.41) is 20.8. The van der Waals surface area contributed by atoms with E-state index in [-0.39, 0.29) is 17.9 Å². The molecule has 1 aromatic rings. The molecule has 0 spiro atoms. The fourth-order valence-electron chi connectivity index (χ4n) is 1.31. The lowest BCUT2D eigenvalue weighted by Gasteiger charge is -2.09. The maximum absolute atomic E-state index is 11.7. The highest BCUT2D eigenvalue weighted by Crippen LogP contribution is 2.21. The smallest absolute Gasteiger partial charge is 0.306 e. The van der Waals surface area contributed by atoms with Gasteiger partial charge in [0.1, 0.15) is 5.75 Å². The van der Waals surface area contributed by atoms with E-state index in [0.29, 0.717) is 10.9 Å². The van der Waals surface area contributed by atoms with Crippen LogP contribution in [0.1, 0.15) is 23.7 Å². The predicted octanol–water partition coefficient (Wildman–Crippen LogP) is 2.00. The van der Waals surface area contributed by atoms with Gasteiger partial charge in [-0.05, 0) is 24.6 Å². The van der Waals surface area contributed by atoms with Crippen LogP contribution < -0.4 is 5.32 Å². The SMILES string of the molecule is CC(CCNC(=O)c1cc(Br)ccc1O)C(=O)O. The van der Waals surface area contributed by atoms with Gasteiger partial charge in [-0.2, -0.15) is 0 Å². The van der Waals surface area contributed by atoms with Gasteiger partial charge in [-0.1, -0.05) is 22.9 Å². The summed E-state index contributed by atoms with van der Waals surface area (Å²) in [5.74, 6) is -1.94. The Hall–Kier alpha value is -1.56. The van der Waals surface area contributed by atoms with Gasteiger partial charge in [0.25, 0.3) is 5.91 Å². The predicted molar refractivity (Wildman–Crippen MR) is 69.6 cm³/mol. The number of carboxylic acids is 1. The van der Waals surface area contributed by atoms with E-state index in [4.69, 9.17) is 5.11 Å². The number of hydrogen-bond donors (Lipinski definition) is 3. The molecule has 6 heteroatoms. The van der Waals surface area contributed by atoms with Crippen molar-refractivity contribution in [3.8, 4) is 5.75 Å². The van der Waals surface area contributed by atoms with Crippen LogP contribution in [0.3, 0.4) is 0 Å². The number of phenols is 1. The van der Waals surface area contributed by atoms with Crippen molar-refractivity contribution in [2.24, 2.45) is 5.92 Å². The normalized spacial score (nSPS) is 11.9. The van der Waals surface area contributed by atoms with Crippen molar-refractivity contribution in [1.82, 2.24) is 5.32 Å². The number of amides is 1.